The number of rotatable bonds is 9. The number of nitrogens with one attached hydrogen (secondary N) is 1. The van der Waals surface area contributed by atoms with E-state index in [9.17, 15) is 14.3 Å². The summed E-state index contributed by atoms with van der Waals surface area (Å²) in [7, 11) is 0. The van der Waals surface area contributed by atoms with E-state index in [0.717, 1.165) is 5.56 Å². The predicted molar refractivity (Wildman–Crippen MR) is 124 cm³/mol. The lowest BCUT2D eigenvalue weighted by molar-refractivity contribution is 0.0696. The van der Waals surface area contributed by atoms with Crippen LogP contribution in [0.4, 0.5) is 10.1 Å². The molecule has 0 unspecified atom stereocenters. The van der Waals surface area contributed by atoms with Crippen LogP contribution < -0.4 is 14.8 Å². The molecule has 3 rings (SSSR count). The summed E-state index contributed by atoms with van der Waals surface area (Å²) in [5.74, 6) is -0.462. The standard InChI is InChI=1S/C24H22Cl2FNO4/c1-3-31-22-9-16(12-28-21-6-4-5-18(14(21)2)24(29)30)20(26)11-23(22)32-13-15-7-8-17(27)10-19(15)25/h4-11,28H,3,12-13H2,1-2H3,(H,29,30). The number of aromatic carboxylic acids is 1. The van der Waals surface area contributed by atoms with Crippen LogP contribution in [0.5, 0.6) is 11.5 Å². The topological polar surface area (TPSA) is 67.8 Å². The lowest BCUT2D eigenvalue weighted by atomic mass is 10.1. The van der Waals surface area contributed by atoms with Crippen molar-refractivity contribution >= 4 is 34.9 Å². The number of anilines is 1. The van der Waals surface area contributed by atoms with Gasteiger partial charge in [0.1, 0.15) is 12.4 Å². The molecule has 8 heteroatoms. The van der Waals surface area contributed by atoms with Gasteiger partial charge in [0.15, 0.2) is 11.5 Å². The van der Waals surface area contributed by atoms with Gasteiger partial charge in [0, 0.05) is 28.9 Å². The Morgan fingerprint density at radius 3 is 2.44 bits per heavy atom. The molecule has 168 valence electrons. The first-order valence-corrected chi connectivity index (χ1v) is 10.6. The minimum atomic E-state index is -0.981. The molecule has 0 aliphatic rings. The van der Waals surface area contributed by atoms with Crippen molar-refractivity contribution in [3.05, 3.63) is 86.6 Å². The number of carbonyl (C=O) groups is 1. The highest BCUT2D eigenvalue weighted by Gasteiger charge is 2.14. The van der Waals surface area contributed by atoms with E-state index in [-0.39, 0.29) is 17.2 Å². The van der Waals surface area contributed by atoms with E-state index in [1.807, 2.05) is 13.0 Å². The van der Waals surface area contributed by atoms with Crippen molar-refractivity contribution < 1.29 is 23.8 Å². The van der Waals surface area contributed by atoms with Crippen LogP contribution in [0.1, 0.15) is 34.0 Å². The normalized spacial score (nSPS) is 10.7. The first kappa shape index (κ1) is 23.7. The molecule has 3 aromatic carbocycles. The summed E-state index contributed by atoms with van der Waals surface area (Å²) in [5, 5.41) is 13.3. The third kappa shape index (κ3) is 5.64. The van der Waals surface area contributed by atoms with Crippen LogP contribution in [0.15, 0.2) is 48.5 Å². The first-order valence-electron chi connectivity index (χ1n) is 9.88. The highest BCUT2D eigenvalue weighted by molar-refractivity contribution is 6.31. The Kier molecular flexibility index (Phi) is 7.83. The van der Waals surface area contributed by atoms with Crippen LogP contribution in [0.25, 0.3) is 0 Å². The third-order valence-electron chi connectivity index (χ3n) is 4.84. The molecular weight excluding hydrogens is 456 g/mol. The molecule has 2 N–H and O–H groups in total. The van der Waals surface area contributed by atoms with Crippen LogP contribution in [-0.4, -0.2) is 17.7 Å². The fraction of sp³-hybridized carbons (Fsp3) is 0.208. The fourth-order valence-corrected chi connectivity index (χ4v) is 3.58. The maximum absolute atomic E-state index is 13.3. The zero-order valence-corrected chi connectivity index (χ0v) is 19.1. The zero-order chi connectivity index (χ0) is 23.3. The summed E-state index contributed by atoms with van der Waals surface area (Å²) in [6.45, 7) is 4.49. The average molecular weight is 478 g/mol. The van der Waals surface area contributed by atoms with Crippen LogP contribution >= 0.6 is 23.2 Å². The van der Waals surface area contributed by atoms with Gasteiger partial charge in [-0.15, -0.1) is 0 Å². The number of hydrogen-bond acceptors (Lipinski definition) is 4. The van der Waals surface area contributed by atoms with Crippen LogP contribution in [0.2, 0.25) is 10.0 Å². The molecule has 0 aliphatic carbocycles. The summed E-state index contributed by atoms with van der Waals surface area (Å²) < 4.78 is 24.8. The molecule has 0 aromatic heterocycles. The monoisotopic (exact) mass is 477 g/mol. The smallest absolute Gasteiger partial charge is 0.336 e. The van der Waals surface area contributed by atoms with E-state index in [2.05, 4.69) is 5.32 Å². The van der Waals surface area contributed by atoms with Gasteiger partial charge in [-0.3, -0.25) is 0 Å². The van der Waals surface area contributed by atoms with Gasteiger partial charge in [0.25, 0.3) is 0 Å². The second-order valence-electron chi connectivity index (χ2n) is 6.98. The van der Waals surface area contributed by atoms with E-state index in [1.54, 1.807) is 37.3 Å². The average Bonchev–Trinajstić information content (AvgIpc) is 2.74. The van der Waals surface area contributed by atoms with Crippen LogP contribution in [-0.2, 0) is 13.2 Å². The third-order valence-corrected chi connectivity index (χ3v) is 5.55. The van der Waals surface area contributed by atoms with Gasteiger partial charge in [-0.25, -0.2) is 9.18 Å². The Morgan fingerprint density at radius 2 is 1.75 bits per heavy atom. The molecule has 0 radical (unpaired) electrons. The van der Waals surface area contributed by atoms with E-state index in [0.29, 0.717) is 46.5 Å². The molecule has 0 bridgehead atoms. The number of benzene rings is 3. The Bertz CT molecular complexity index is 1140. The summed E-state index contributed by atoms with van der Waals surface area (Å²) >= 11 is 12.6. The summed E-state index contributed by atoms with van der Waals surface area (Å²) in [4.78, 5) is 11.4. The summed E-state index contributed by atoms with van der Waals surface area (Å²) in [6.07, 6.45) is 0. The van der Waals surface area contributed by atoms with Crippen molar-refractivity contribution in [2.75, 3.05) is 11.9 Å². The Morgan fingerprint density at radius 1 is 1.03 bits per heavy atom. The molecule has 0 aliphatic heterocycles. The van der Waals surface area contributed by atoms with Crippen LogP contribution in [0.3, 0.4) is 0 Å². The number of ether oxygens (including phenoxy) is 2. The Labute approximate surface area is 195 Å². The van der Waals surface area contributed by atoms with E-state index < -0.39 is 11.8 Å². The van der Waals surface area contributed by atoms with Gasteiger partial charge in [-0.05, 0) is 55.3 Å². The van der Waals surface area contributed by atoms with Crippen molar-refractivity contribution in [2.24, 2.45) is 0 Å². The number of carboxylic acids is 1. The molecule has 32 heavy (non-hydrogen) atoms. The summed E-state index contributed by atoms with van der Waals surface area (Å²) in [6, 6.07) is 12.6. The van der Waals surface area contributed by atoms with Gasteiger partial charge in [0.05, 0.1) is 17.2 Å². The van der Waals surface area contributed by atoms with Gasteiger partial charge < -0.3 is 19.9 Å². The molecule has 0 heterocycles. The number of hydrogen-bond donors (Lipinski definition) is 2. The fourth-order valence-electron chi connectivity index (χ4n) is 3.14. The first-order chi connectivity index (χ1) is 15.3. The van der Waals surface area contributed by atoms with Crippen molar-refractivity contribution in [3.8, 4) is 11.5 Å². The van der Waals surface area contributed by atoms with Crippen molar-refractivity contribution in [1.29, 1.82) is 0 Å². The molecule has 0 saturated heterocycles. The molecule has 0 spiro atoms. The maximum atomic E-state index is 13.3. The van der Waals surface area contributed by atoms with Crippen molar-refractivity contribution in [1.82, 2.24) is 0 Å². The minimum absolute atomic E-state index is 0.119. The maximum Gasteiger partial charge on any atom is 0.336 e. The lowest BCUT2D eigenvalue weighted by Gasteiger charge is -2.17. The van der Waals surface area contributed by atoms with Gasteiger partial charge in [-0.2, -0.15) is 0 Å². The molecule has 0 saturated carbocycles. The quantitative estimate of drug-likeness (QED) is 0.357. The second-order valence-corrected chi connectivity index (χ2v) is 7.80. The predicted octanol–water partition coefficient (Wildman–Crippen LogP) is 6.73. The highest BCUT2D eigenvalue weighted by Crippen LogP contribution is 2.35. The summed E-state index contributed by atoms with van der Waals surface area (Å²) in [5.41, 5.74) is 2.95. The molecule has 0 fully saturated rings. The van der Waals surface area contributed by atoms with Crippen molar-refractivity contribution in [3.63, 3.8) is 0 Å². The second kappa shape index (κ2) is 10.6. The van der Waals surface area contributed by atoms with E-state index in [4.69, 9.17) is 32.7 Å². The Balaban J connectivity index is 1.79. The van der Waals surface area contributed by atoms with Gasteiger partial charge in [0.2, 0.25) is 0 Å². The highest BCUT2D eigenvalue weighted by atomic mass is 35.5. The van der Waals surface area contributed by atoms with E-state index in [1.165, 1.54) is 12.1 Å². The molecule has 5 nitrogen and oxygen atoms in total. The number of halogens is 3. The molecule has 0 atom stereocenters. The molecular formula is C24H22Cl2FNO4. The van der Waals surface area contributed by atoms with Crippen LogP contribution in [0, 0.1) is 12.7 Å². The van der Waals surface area contributed by atoms with Crippen molar-refractivity contribution in [2.45, 2.75) is 27.0 Å². The van der Waals surface area contributed by atoms with E-state index >= 15 is 0 Å². The molecule has 3 aromatic rings. The number of carboxylic acid groups (broad SMARTS) is 1. The molecule has 0 amide bonds. The van der Waals surface area contributed by atoms with Gasteiger partial charge >= 0.3 is 5.97 Å². The van der Waals surface area contributed by atoms with Gasteiger partial charge in [-0.1, -0.05) is 35.3 Å². The lowest BCUT2D eigenvalue weighted by Crippen LogP contribution is -2.07. The Hall–Kier alpha value is -2.96. The zero-order valence-electron chi connectivity index (χ0n) is 17.5. The SMILES string of the molecule is CCOc1cc(CNc2cccc(C(=O)O)c2C)c(Cl)cc1OCc1ccc(F)cc1Cl. The largest absolute Gasteiger partial charge is 0.490 e. The minimum Gasteiger partial charge on any atom is -0.490 e.